The number of hydrogen-bond donors (Lipinski definition) is 1. The maximum Gasteiger partial charge on any atom is 0.225 e. The number of nitrogens with zero attached hydrogens (tertiary/aromatic N) is 1. The molecule has 0 saturated heterocycles. The number of pyridine rings is 1. The van der Waals surface area contributed by atoms with E-state index in [0.29, 0.717) is 17.4 Å². The first-order chi connectivity index (χ1) is 6.22. The summed E-state index contributed by atoms with van der Waals surface area (Å²) in [6.07, 6.45) is 1.67. The zero-order chi connectivity index (χ0) is 9.68. The molecule has 13 heavy (non-hydrogen) atoms. The second kappa shape index (κ2) is 4.91. The van der Waals surface area contributed by atoms with Gasteiger partial charge in [0, 0.05) is 11.8 Å². The van der Waals surface area contributed by atoms with Crippen LogP contribution in [-0.2, 0) is 4.79 Å². The molecule has 0 fully saturated rings. The summed E-state index contributed by atoms with van der Waals surface area (Å²) in [6, 6.07) is 2.66. The number of carbonyl (C=O) groups is 1. The van der Waals surface area contributed by atoms with Gasteiger partial charge >= 0.3 is 0 Å². The van der Waals surface area contributed by atoms with E-state index in [9.17, 15) is 9.18 Å². The summed E-state index contributed by atoms with van der Waals surface area (Å²) in [6.45, 7) is 0. The Labute approximate surface area is 83.5 Å². The standard InChI is InChI=1S/C8H8BrFN2O/c9-4-3-8(13)12-6-1-2-7(10)11-5-6/h1-2,5H,3-4H2,(H,12,13). The molecular formula is C8H8BrFN2O. The maximum absolute atomic E-state index is 12.3. The van der Waals surface area contributed by atoms with Crippen LogP contribution in [0.5, 0.6) is 0 Å². The minimum atomic E-state index is -0.557. The van der Waals surface area contributed by atoms with Crippen molar-refractivity contribution in [2.24, 2.45) is 0 Å². The first-order valence-electron chi connectivity index (χ1n) is 3.70. The summed E-state index contributed by atoms with van der Waals surface area (Å²) in [5, 5.41) is 3.18. The lowest BCUT2D eigenvalue weighted by Crippen LogP contribution is -2.11. The number of carbonyl (C=O) groups excluding carboxylic acids is 1. The lowest BCUT2D eigenvalue weighted by molar-refractivity contribution is -0.115. The van der Waals surface area contributed by atoms with Gasteiger partial charge in [-0.3, -0.25) is 4.79 Å². The molecule has 1 aromatic heterocycles. The van der Waals surface area contributed by atoms with Crippen LogP contribution in [0.2, 0.25) is 0 Å². The quantitative estimate of drug-likeness (QED) is 0.655. The summed E-state index contributed by atoms with van der Waals surface area (Å²) in [5.41, 5.74) is 0.507. The van der Waals surface area contributed by atoms with Crippen LogP contribution in [0.1, 0.15) is 6.42 Å². The number of amides is 1. The minimum Gasteiger partial charge on any atom is -0.325 e. The molecule has 0 bridgehead atoms. The normalized spacial score (nSPS) is 9.69. The van der Waals surface area contributed by atoms with Crippen molar-refractivity contribution >= 4 is 27.5 Å². The second-order valence-corrected chi connectivity index (χ2v) is 3.15. The highest BCUT2D eigenvalue weighted by Crippen LogP contribution is 2.05. The topological polar surface area (TPSA) is 42.0 Å². The average Bonchev–Trinajstić information content (AvgIpc) is 2.09. The van der Waals surface area contributed by atoms with Gasteiger partial charge in [0.1, 0.15) is 0 Å². The van der Waals surface area contributed by atoms with E-state index in [1.165, 1.54) is 18.3 Å². The summed E-state index contributed by atoms with van der Waals surface area (Å²) in [5.74, 6) is -0.677. The van der Waals surface area contributed by atoms with Crippen molar-refractivity contribution in [3.05, 3.63) is 24.3 Å². The molecule has 0 aliphatic carbocycles. The molecule has 0 radical (unpaired) electrons. The Hall–Kier alpha value is -0.970. The van der Waals surface area contributed by atoms with Crippen molar-refractivity contribution in [2.45, 2.75) is 6.42 Å². The van der Waals surface area contributed by atoms with Gasteiger partial charge in [-0.05, 0) is 12.1 Å². The number of anilines is 1. The molecule has 3 nitrogen and oxygen atoms in total. The van der Waals surface area contributed by atoms with Gasteiger partial charge < -0.3 is 5.32 Å². The van der Waals surface area contributed by atoms with Gasteiger partial charge in [0.15, 0.2) is 0 Å². The molecule has 0 saturated carbocycles. The van der Waals surface area contributed by atoms with E-state index in [4.69, 9.17) is 0 Å². The minimum absolute atomic E-state index is 0.120. The van der Waals surface area contributed by atoms with Crippen LogP contribution in [0.15, 0.2) is 18.3 Å². The van der Waals surface area contributed by atoms with Crippen molar-refractivity contribution in [3.63, 3.8) is 0 Å². The smallest absolute Gasteiger partial charge is 0.225 e. The molecule has 0 aliphatic heterocycles. The SMILES string of the molecule is O=C(CCBr)Nc1ccc(F)nc1. The van der Waals surface area contributed by atoms with E-state index in [0.717, 1.165) is 0 Å². The molecule has 1 N–H and O–H groups in total. The van der Waals surface area contributed by atoms with Crippen LogP contribution in [-0.4, -0.2) is 16.2 Å². The van der Waals surface area contributed by atoms with Gasteiger partial charge in [0.25, 0.3) is 0 Å². The van der Waals surface area contributed by atoms with E-state index in [1.807, 2.05) is 0 Å². The fraction of sp³-hybridized carbons (Fsp3) is 0.250. The molecule has 1 rings (SSSR count). The molecular weight excluding hydrogens is 239 g/mol. The predicted molar refractivity (Wildman–Crippen MR) is 51.2 cm³/mol. The number of alkyl halides is 1. The second-order valence-electron chi connectivity index (χ2n) is 2.36. The van der Waals surface area contributed by atoms with Gasteiger partial charge in [-0.25, -0.2) is 4.98 Å². The molecule has 0 aliphatic rings. The highest BCUT2D eigenvalue weighted by molar-refractivity contribution is 9.09. The van der Waals surface area contributed by atoms with Crippen LogP contribution in [0.4, 0.5) is 10.1 Å². The third kappa shape index (κ3) is 3.50. The number of nitrogens with one attached hydrogen (secondary N) is 1. The Morgan fingerprint density at radius 3 is 2.92 bits per heavy atom. The van der Waals surface area contributed by atoms with Crippen LogP contribution in [0.3, 0.4) is 0 Å². The first-order valence-corrected chi connectivity index (χ1v) is 4.82. The van der Waals surface area contributed by atoms with E-state index >= 15 is 0 Å². The third-order valence-electron chi connectivity index (χ3n) is 1.33. The van der Waals surface area contributed by atoms with Gasteiger partial charge in [0.05, 0.1) is 11.9 Å². The Morgan fingerprint density at radius 1 is 1.62 bits per heavy atom. The fourth-order valence-corrected chi connectivity index (χ4v) is 1.12. The molecule has 0 unspecified atom stereocenters. The van der Waals surface area contributed by atoms with Crippen molar-refractivity contribution in [2.75, 3.05) is 10.6 Å². The summed E-state index contributed by atoms with van der Waals surface area (Å²) in [4.78, 5) is 14.4. The Morgan fingerprint density at radius 2 is 2.38 bits per heavy atom. The molecule has 1 amide bonds. The predicted octanol–water partition coefficient (Wildman–Crippen LogP) is 1.94. The van der Waals surface area contributed by atoms with Crippen LogP contribution in [0.25, 0.3) is 0 Å². The lowest BCUT2D eigenvalue weighted by atomic mass is 10.4. The maximum atomic E-state index is 12.3. The fourth-order valence-electron chi connectivity index (χ4n) is 0.759. The first kappa shape index (κ1) is 10.1. The number of rotatable bonds is 3. The molecule has 0 spiro atoms. The Bertz CT molecular complexity index is 289. The third-order valence-corrected chi connectivity index (χ3v) is 1.73. The van der Waals surface area contributed by atoms with Gasteiger partial charge in [0.2, 0.25) is 11.9 Å². The lowest BCUT2D eigenvalue weighted by Gasteiger charge is -2.01. The number of hydrogen-bond acceptors (Lipinski definition) is 2. The molecule has 1 aromatic rings. The van der Waals surface area contributed by atoms with Gasteiger partial charge in [-0.1, -0.05) is 15.9 Å². The summed E-state index contributed by atoms with van der Waals surface area (Å²) >= 11 is 3.14. The van der Waals surface area contributed by atoms with E-state index in [-0.39, 0.29) is 5.91 Å². The van der Waals surface area contributed by atoms with Crippen molar-refractivity contribution in [3.8, 4) is 0 Å². The summed E-state index contributed by atoms with van der Waals surface area (Å²) in [7, 11) is 0. The Kier molecular flexibility index (Phi) is 3.82. The largest absolute Gasteiger partial charge is 0.325 e. The Balaban J connectivity index is 2.54. The molecule has 70 valence electrons. The average molecular weight is 247 g/mol. The highest BCUT2D eigenvalue weighted by Gasteiger charge is 2.00. The molecule has 1 heterocycles. The van der Waals surface area contributed by atoms with E-state index in [2.05, 4.69) is 26.2 Å². The molecule has 0 atom stereocenters. The van der Waals surface area contributed by atoms with Gasteiger partial charge in [-0.15, -0.1) is 0 Å². The van der Waals surface area contributed by atoms with Crippen LogP contribution >= 0.6 is 15.9 Å². The monoisotopic (exact) mass is 246 g/mol. The van der Waals surface area contributed by atoms with E-state index in [1.54, 1.807) is 0 Å². The van der Waals surface area contributed by atoms with Crippen molar-refractivity contribution in [1.82, 2.24) is 4.98 Å². The highest BCUT2D eigenvalue weighted by atomic mass is 79.9. The van der Waals surface area contributed by atoms with Crippen molar-refractivity contribution in [1.29, 1.82) is 0 Å². The zero-order valence-electron chi connectivity index (χ0n) is 6.76. The molecule has 0 aromatic carbocycles. The molecule has 5 heteroatoms. The van der Waals surface area contributed by atoms with E-state index < -0.39 is 5.95 Å². The number of aromatic nitrogens is 1. The summed E-state index contributed by atoms with van der Waals surface area (Å²) < 4.78 is 12.3. The van der Waals surface area contributed by atoms with Gasteiger partial charge in [-0.2, -0.15) is 4.39 Å². The van der Waals surface area contributed by atoms with Crippen molar-refractivity contribution < 1.29 is 9.18 Å². The van der Waals surface area contributed by atoms with Crippen LogP contribution in [0, 0.1) is 5.95 Å². The van der Waals surface area contributed by atoms with Crippen LogP contribution < -0.4 is 5.32 Å². The number of halogens is 2. The zero-order valence-corrected chi connectivity index (χ0v) is 8.34.